The SMILES string of the molecule is Nc1cc(C(=O)c2ccccc2)ccc1NC(=O)NCc1ccccc1. The molecule has 3 rings (SSSR count). The van der Waals surface area contributed by atoms with Crippen LogP contribution in [0, 0.1) is 0 Å². The minimum Gasteiger partial charge on any atom is -0.397 e. The molecule has 0 aromatic heterocycles. The average molecular weight is 345 g/mol. The van der Waals surface area contributed by atoms with Crippen molar-refractivity contribution in [2.75, 3.05) is 11.1 Å². The largest absolute Gasteiger partial charge is 0.397 e. The van der Waals surface area contributed by atoms with Crippen LogP contribution in [0.15, 0.2) is 78.9 Å². The van der Waals surface area contributed by atoms with E-state index in [1.54, 1.807) is 30.3 Å². The van der Waals surface area contributed by atoms with Gasteiger partial charge in [0, 0.05) is 17.7 Å². The molecular weight excluding hydrogens is 326 g/mol. The van der Waals surface area contributed by atoms with E-state index in [1.807, 2.05) is 48.5 Å². The number of ketones is 1. The number of urea groups is 1. The molecule has 0 aliphatic rings. The van der Waals surface area contributed by atoms with Crippen molar-refractivity contribution in [3.8, 4) is 0 Å². The van der Waals surface area contributed by atoms with Crippen molar-refractivity contribution in [2.24, 2.45) is 0 Å². The van der Waals surface area contributed by atoms with E-state index < -0.39 is 0 Å². The molecule has 0 saturated heterocycles. The van der Waals surface area contributed by atoms with Crippen LogP contribution in [0.25, 0.3) is 0 Å². The lowest BCUT2D eigenvalue weighted by molar-refractivity contribution is 0.103. The fourth-order valence-electron chi connectivity index (χ4n) is 2.52. The number of benzene rings is 3. The number of carbonyl (C=O) groups excluding carboxylic acids is 2. The molecule has 0 radical (unpaired) electrons. The molecule has 0 unspecified atom stereocenters. The standard InChI is InChI=1S/C21H19N3O2/c22-18-13-17(20(25)16-9-5-2-6-10-16)11-12-19(18)24-21(26)23-14-15-7-3-1-4-8-15/h1-13H,14,22H2,(H2,23,24,26). The summed E-state index contributed by atoms with van der Waals surface area (Å²) in [6, 6.07) is 23.1. The monoisotopic (exact) mass is 345 g/mol. The van der Waals surface area contributed by atoms with Gasteiger partial charge in [0.1, 0.15) is 0 Å². The van der Waals surface area contributed by atoms with Crippen molar-refractivity contribution < 1.29 is 9.59 Å². The van der Waals surface area contributed by atoms with E-state index in [0.29, 0.717) is 29.0 Å². The second-order valence-electron chi connectivity index (χ2n) is 5.79. The number of carbonyl (C=O) groups is 2. The van der Waals surface area contributed by atoms with Gasteiger partial charge in [-0.15, -0.1) is 0 Å². The highest BCUT2D eigenvalue weighted by Gasteiger charge is 2.11. The van der Waals surface area contributed by atoms with E-state index in [2.05, 4.69) is 10.6 Å². The zero-order valence-corrected chi connectivity index (χ0v) is 14.1. The Balaban J connectivity index is 1.64. The molecule has 0 heterocycles. The number of amides is 2. The Kier molecular flexibility index (Phi) is 5.29. The third kappa shape index (κ3) is 4.27. The van der Waals surface area contributed by atoms with Gasteiger partial charge in [0.25, 0.3) is 0 Å². The van der Waals surface area contributed by atoms with Crippen LogP contribution < -0.4 is 16.4 Å². The fraction of sp³-hybridized carbons (Fsp3) is 0.0476. The molecule has 0 fully saturated rings. The molecular formula is C21H19N3O2. The van der Waals surface area contributed by atoms with Crippen LogP contribution in [0.5, 0.6) is 0 Å². The maximum absolute atomic E-state index is 12.4. The van der Waals surface area contributed by atoms with Gasteiger partial charge in [0.2, 0.25) is 0 Å². The predicted octanol–water partition coefficient (Wildman–Crippen LogP) is 3.82. The summed E-state index contributed by atoms with van der Waals surface area (Å²) in [5.74, 6) is -0.114. The molecule has 0 saturated carbocycles. The molecule has 0 atom stereocenters. The third-order valence-electron chi connectivity index (χ3n) is 3.89. The van der Waals surface area contributed by atoms with E-state index in [1.165, 1.54) is 0 Å². The van der Waals surface area contributed by atoms with Crippen LogP contribution in [0.3, 0.4) is 0 Å². The lowest BCUT2D eigenvalue weighted by Crippen LogP contribution is -2.28. The average Bonchev–Trinajstić information content (AvgIpc) is 2.69. The smallest absolute Gasteiger partial charge is 0.319 e. The summed E-state index contributed by atoms with van der Waals surface area (Å²) in [5.41, 5.74) is 8.86. The van der Waals surface area contributed by atoms with Crippen molar-refractivity contribution in [3.63, 3.8) is 0 Å². The molecule has 5 nitrogen and oxygen atoms in total. The van der Waals surface area contributed by atoms with Gasteiger partial charge in [0.15, 0.2) is 5.78 Å². The van der Waals surface area contributed by atoms with Gasteiger partial charge >= 0.3 is 6.03 Å². The lowest BCUT2D eigenvalue weighted by Gasteiger charge is -2.11. The number of nitrogen functional groups attached to an aromatic ring is 1. The van der Waals surface area contributed by atoms with Crippen LogP contribution in [0.1, 0.15) is 21.5 Å². The molecule has 130 valence electrons. The van der Waals surface area contributed by atoms with Crippen molar-refractivity contribution in [2.45, 2.75) is 6.54 Å². The number of nitrogens with one attached hydrogen (secondary N) is 2. The number of rotatable bonds is 5. The van der Waals surface area contributed by atoms with Gasteiger partial charge in [-0.1, -0.05) is 60.7 Å². The maximum Gasteiger partial charge on any atom is 0.319 e. The summed E-state index contributed by atoms with van der Waals surface area (Å²) in [6.07, 6.45) is 0. The zero-order chi connectivity index (χ0) is 18.4. The first-order valence-corrected chi connectivity index (χ1v) is 8.21. The summed E-state index contributed by atoms with van der Waals surface area (Å²) in [4.78, 5) is 24.5. The summed E-state index contributed by atoms with van der Waals surface area (Å²) in [5, 5.41) is 5.47. The zero-order valence-electron chi connectivity index (χ0n) is 14.1. The highest BCUT2D eigenvalue weighted by molar-refractivity contribution is 6.10. The molecule has 0 spiro atoms. The molecule has 5 heteroatoms. The minimum absolute atomic E-state index is 0.114. The predicted molar refractivity (Wildman–Crippen MR) is 103 cm³/mol. The Morgan fingerprint density at radius 2 is 1.46 bits per heavy atom. The topological polar surface area (TPSA) is 84.2 Å². The molecule has 3 aromatic carbocycles. The van der Waals surface area contributed by atoms with Crippen LogP contribution in [0.2, 0.25) is 0 Å². The van der Waals surface area contributed by atoms with Crippen molar-refractivity contribution in [3.05, 3.63) is 95.6 Å². The number of anilines is 2. The Hall–Kier alpha value is -3.60. The van der Waals surface area contributed by atoms with Crippen molar-refractivity contribution in [1.29, 1.82) is 0 Å². The molecule has 2 amide bonds. The maximum atomic E-state index is 12.4. The first-order valence-electron chi connectivity index (χ1n) is 8.21. The molecule has 0 aliphatic heterocycles. The Labute approximate surface area is 151 Å². The van der Waals surface area contributed by atoms with Gasteiger partial charge < -0.3 is 16.4 Å². The molecule has 26 heavy (non-hydrogen) atoms. The van der Waals surface area contributed by atoms with E-state index in [0.717, 1.165) is 5.56 Å². The van der Waals surface area contributed by atoms with Crippen molar-refractivity contribution in [1.82, 2.24) is 5.32 Å². The van der Waals surface area contributed by atoms with Crippen LogP contribution >= 0.6 is 0 Å². The van der Waals surface area contributed by atoms with Gasteiger partial charge in [-0.3, -0.25) is 4.79 Å². The summed E-state index contributed by atoms with van der Waals surface area (Å²) < 4.78 is 0. The fourth-order valence-corrected chi connectivity index (χ4v) is 2.52. The van der Waals surface area contributed by atoms with E-state index in [9.17, 15) is 9.59 Å². The van der Waals surface area contributed by atoms with Gasteiger partial charge in [-0.25, -0.2) is 4.79 Å². The Bertz CT molecular complexity index is 909. The van der Waals surface area contributed by atoms with Crippen molar-refractivity contribution >= 4 is 23.2 Å². The normalized spacial score (nSPS) is 10.2. The van der Waals surface area contributed by atoms with Crippen LogP contribution in [-0.4, -0.2) is 11.8 Å². The Morgan fingerprint density at radius 3 is 2.12 bits per heavy atom. The molecule has 0 aliphatic carbocycles. The summed E-state index contributed by atoms with van der Waals surface area (Å²) in [7, 11) is 0. The summed E-state index contributed by atoms with van der Waals surface area (Å²) >= 11 is 0. The second-order valence-corrected chi connectivity index (χ2v) is 5.79. The second kappa shape index (κ2) is 7.98. The quantitative estimate of drug-likeness (QED) is 0.485. The van der Waals surface area contributed by atoms with Gasteiger partial charge in [-0.2, -0.15) is 0 Å². The van der Waals surface area contributed by atoms with E-state index in [-0.39, 0.29) is 11.8 Å². The minimum atomic E-state index is -0.359. The van der Waals surface area contributed by atoms with E-state index >= 15 is 0 Å². The number of hydrogen-bond acceptors (Lipinski definition) is 3. The molecule has 4 N–H and O–H groups in total. The van der Waals surface area contributed by atoms with Gasteiger partial charge in [0.05, 0.1) is 11.4 Å². The number of nitrogens with two attached hydrogens (primary N) is 1. The first-order chi connectivity index (χ1) is 12.6. The lowest BCUT2D eigenvalue weighted by atomic mass is 10.0. The van der Waals surface area contributed by atoms with E-state index in [4.69, 9.17) is 5.73 Å². The van der Waals surface area contributed by atoms with Crippen LogP contribution in [-0.2, 0) is 6.54 Å². The molecule has 3 aromatic rings. The summed E-state index contributed by atoms with van der Waals surface area (Å²) in [6.45, 7) is 0.414. The highest BCUT2D eigenvalue weighted by Crippen LogP contribution is 2.21. The first kappa shape index (κ1) is 17.2. The Morgan fingerprint density at radius 1 is 0.808 bits per heavy atom. The van der Waals surface area contributed by atoms with Crippen LogP contribution in [0.4, 0.5) is 16.2 Å². The number of hydrogen-bond donors (Lipinski definition) is 3. The van der Waals surface area contributed by atoms with Gasteiger partial charge in [-0.05, 0) is 23.8 Å². The molecule has 0 bridgehead atoms. The third-order valence-corrected chi connectivity index (χ3v) is 3.89. The highest BCUT2D eigenvalue weighted by atomic mass is 16.2.